The van der Waals surface area contributed by atoms with Crippen LogP contribution < -0.4 is 0 Å². The summed E-state index contributed by atoms with van der Waals surface area (Å²) in [7, 11) is -3.05. The molecule has 1 heterocycles. The van der Waals surface area contributed by atoms with Gasteiger partial charge in [-0.25, -0.2) is 19.3 Å². The molecule has 74 valence electrons. The average Bonchev–Trinajstić information content (AvgIpc) is 2.04. The molecule has 1 aliphatic rings. The molecule has 0 amide bonds. The predicted octanol–water partition coefficient (Wildman–Crippen LogP) is 0.720. The molecule has 0 aromatic heterocycles. The summed E-state index contributed by atoms with van der Waals surface area (Å²) in [6.45, 7) is 9.83. The van der Waals surface area contributed by atoms with Gasteiger partial charge < -0.3 is 4.85 Å². The summed E-state index contributed by atoms with van der Waals surface area (Å²) in [5.74, 6) is 0. The fourth-order valence-corrected chi connectivity index (χ4v) is 2.26. The first-order valence-corrected chi connectivity index (χ1v) is 6.06. The lowest BCUT2D eigenvalue weighted by molar-refractivity contribution is 0.283. The molecule has 1 saturated heterocycles. The third-order valence-electron chi connectivity index (χ3n) is 2.54. The van der Waals surface area contributed by atoms with Gasteiger partial charge in [-0.1, -0.05) is 0 Å². The summed E-state index contributed by atoms with van der Waals surface area (Å²) in [6, 6.07) is 0. The van der Waals surface area contributed by atoms with E-state index in [0.717, 1.165) is 0 Å². The number of sulfonamides is 1. The Bertz CT molecular complexity index is 321. The van der Waals surface area contributed by atoms with Crippen molar-refractivity contribution in [3.63, 3.8) is 0 Å². The van der Waals surface area contributed by atoms with Crippen LogP contribution in [0.2, 0.25) is 0 Å². The Balaban J connectivity index is 2.65. The summed E-state index contributed by atoms with van der Waals surface area (Å²) in [6.07, 6.45) is 2.50. The maximum absolute atomic E-state index is 11.1. The van der Waals surface area contributed by atoms with E-state index in [1.54, 1.807) is 0 Å². The van der Waals surface area contributed by atoms with Crippen LogP contribution in [0.3, 0.4) is 0 Å². The molecule has 1 fully saturated rings. The molecule has 0 unspecified atom stereocenters. The second-order valence-electron chi connectivity index (χ2n) is 3.77. The van der Waals surface area contributed by atoms with Gasteiger partial charge in [0.1, 0.15) is 0 Å². The second-order valence-corrected chi connectivity index (χ2v) is 5.75. The van der Waals surface area contributed by atoms with Crippen LogP contribution in [-0.4, -0.2) is 37.6 Å². The fourth-order valence-electron chi connectivity index (χ4n) is 1.41. The smallest absolute Gasteiger partial charge is 0.232 e. The summed E-state index contributed by atoms with van der Waals surface area (Å²) < 4.78 is 23.7. The number of hydrogen-bond donors (Lipinski definition) is 0. The fraction of sp³-hybridized carbons (Fsp3) is 0.875. The van der Waals surface area contributed by atoms with E-state index in [9.17, 15) is 8.42 Å². The molecule has 1 aliphatic heterocycles. The quantitative estimate of drug-likeness (QED) is 0.588. The zero-order valence-corrected chi connectivity index (χ0v) is 8.76. The Hall–Kier alpha value is -0.600. The Labute approximate surface area is 79.4 Å². The molecule has 0 aliphatic carbocycles. The van der Waals surface area contributed by atoms with E-state index in [-0.39, 0.29) is 5.54 Å². The van der Waals surface area contributed by atoms with Gasteiger partial charge in [-0.15, -0.1) is 0 Å². The highest BCUT2D eigenvalue weighted by Gasteiger charge is 2.37. The Morgan fingerprint density at radius 2 is 1.85 bits per heavy atom. The van der Waals surface area contributed by atoms with Gasteiger partial charge in [0, 0.05) is 32.9 Å². The third-order valence-corrected chi connectivity index (χ3v) is 3.84. The molecule has 1 rings (SSSR count). The van der Waals surface area contributed by atoms with Crippen molar-refractivity contribution in [3.05, 3.63) is 11.4 Å². The first kappa shape index (κ1) is 10.5. The van der Waals surface area contributed by atoms with Crippen molar-refractivity contribution in [3.8, 4) is 0 Å². The molecular formula is C8H14N2O2S. The van der Waals surface area contributed by atoms with Gasteiger partial charge in [0.05, 0.1) is 6.26 Å². The largest absolute Gasteiger partial charge is 0.311 e. The van der Waals surface area contributed by atoms with Gasteiger partial charge in [0.25, 0.3) is 0 Å². The third kappa shape index (κ3) is 2.42. The maximum atomic E-state index is 11.1. The number of hydrogen-bond acceptors (Lipinski definition) is 2. The van der Waals surface area contributed by atoms with Crippen molar-refractivity contribution in [2.75, 3.05) is 19.3 Å². The standard InChI is InChI=1S/C8H14N2O2S/c1-8(9-2)4-6-10(7-5-8)13(3,11)12/h4-7H2,1,3H3. The molecule has 0 N–H and O–H groups in total. The minimum atomic E-state index is -3.05. The van der Waals surface area contributed by atoms with Crippen LogP contribution in [0.25, 0.3) is 4.85 Å². The normalized spacial score (nSPS) is 23.8. The number of piperidine rings is 1. The minimum absolute atomic E-state index is 0.346. The van der Waals surface area contributed by atoms with Crippen LogP contribution in [-0.2, 0) is 10.0 Å². The zero-order valence-electron chi connectivity index (χ0n) is 7.95. The molecule has 0 bridgehead atoms. The molecule has 0 aromatic rings. The first-order chi connectivity index (χ1) is 5.87. The van der Waals surface area contributed by atoms with Gasteiger partial charge >= 0.3 is 0 Å². The second kappa shape index (κ2) is 3.28. The van der Waals surface area contributed by atoms with Crippen LogP contribution in [0.5, 0.6) is 0 Å². The van der Waals surface area contributed by atoms with E-state index >= 15 is 0 Å². The van der Waals surface area contributed by atoms with E-state index < -0.39 is 10.0 Å². The van der Waals surface area contributed by atoms with E-state index in [1.165, 1.54) is 10.6 Å². The molecule has 5 heteroatoms. The first-order valence-electron chi connectivity index (χ1n) is 4.21. The number of rotatable bonds is 1. The van der Waals surface area contributed by atoms with Crippen LogP contribution in [0.4, 0.5) is 0 Å². The van der Waals surface area contributed by atoms with Crippen molar-refractivity contribution < 1.29 is 8.42 Å². The maximum Gasteiger partial charge on any atom is 0.232 e. The van der Waals surface area contributed by atoms with Crippen molar-refractivity contribution in [1.29, 1.82) is 0 Å². The Kier molecular flexibility index (Phi) is 2.64. The van der Waals surface area contributed by atoms with Crippen molar-refractivity contribution in [2.24, 2.45) is 0 Å². The predicted molar refractivity (Wildman–Crippen MR) is 50.7 cm³/mol. The molecule has 4 nitrogen and oxygen atoms in total. The van der Waals surface area contributed by atoms with Gasteiger partial charge in [0.2, 0.25) is 15.6 Å². The Morgan fingerprint density at radius 1 is 1.38 bits per heavy atom. The number of nitrogens with zero attached hydrogens (tertiary/aromatic N) is 2. The highest BCUT2D eigenvalue weighted by Crippen LogP contribution is 2.26. The lowest BCUT2D eigenvalue weighted by Gasteiger charge is -2.30. The molecule has 0 spiro atoms. The average molecular weight is 202 g/mol. The van der Waals surface area contributed by atoms with E-state index in [1.807, 2.05) is 6.92 Å². The van der Waals surface area contributed by atoms with E-state index in [0.29, 0.717) is 25.9 Å². The lowest BCUT2D eigenvalue weighted by atomic mass is 9.92. The summed E-state index contributed by atoms with van der Waals surface area (Å²) in [4.78, 5) is 3.52. The molecule has 0 atom stereocenters. The summed E-state index contributed by atoms with van der Waals surface area (Å²) in [5.41, 5.74) is -0.346. The summed E-state index contributed by atoms with van der Waals surface area (Å²) in [5, 5.41) is 0. The van der Waals surface area contributed by atoms with Crippen LogP contribution in [0.15, 0.2) is 0 Å². The molecule has 0 radical (unpaired) electrons. The van der Waals surface area contributed by atoms with Crippen molar-refractivity contribution in [2.45, 2.75) is 25.3 Å². The van der Waals surface area contributed by atoms with Crippen LogP contribution in [0, 0.1) is 6.57 Å². The minimum Gasteiger partial charge on any atom is -0.311 e. The van der Waals surface area contributed by atoms with Gasteiger partial charge in [0.15, 0.2) is 0 Å². The van der Waals surface area contributed by atoms with Crippen LogP contribution in [0.1, 0.15) is 19.8 Å². The van der Waals surface area contributed by atoms with Crippen LogP contribution >= 0.6 is 0 Å². The van der Waals surface area contributed by atoms with Crippen molar-refractivity contribution >= 4 is 10.0 Å². The molecule has 0 aromatic carbocycles. The topological polar surface area (TPSA) is 41.7 Å². The Morgan fingerprint density at radius 3 is 2.15 bits per heavy atom. The van der Waals surface area contributed by atoms with E-state index in [2.05, 4.69) is 4.85 Å². The molecular weight excluding hydrogens is 188 g/mol. The monoisotopic (exact) mass is 202 g/mol. The SMILES string of the molecule is [C-]#[N+]C1(C)CCN(S(C)(=O)=O)CC1. The van der Waals surface area contributed by atoms with Crippen molar-refractivity contribution in [1.82, 2.24) is 4.31 Å². The highest BCUT2D eigenvalue weighted by atomic mass is 32.2. The molecule has 13 heavy (non-hydrogen) atoms. The zero-order chi connectivity index (χ0) is 10.1. The van der Waals surface area contributed by atoms with Gasteiger partial charge in [-0.2, -0.15) is 0 Å². The summed E-state index contributed by atoms with van der Waals surface area (Å²) >= 11 is 0. The van der Waals surface area contributed by atoms with Gasteiger partial charge in [-0.05, 0) is 0 Å². The van der Waals surface area contributed by atoms with Gasteiger partial charge in [-0.3, -0.25) is 0 Å². The van der Waals surface area contributed by atoms with E-state index in [4.69, 9.17) is 6.57 Å². The molecule has 0 saturated carbocycles. The highest BCUT2D eigenvalue weighted by molar-refractivity contribution is 7.88. The lowest BCUT2D eigenvalue weighted by Crippen LogP contribution is -2.43.